The Bertz CT molecular complexity index is 562. The van der Waals surface area contributed by atoms with Gasteiger partial charge < -0.3 is 15.1 Å². The predicted molar refractivity (Wildman–Crippen MR) is 70.8 cm³/mol. The molecule has 0 spiro atoms. The summed E-state index contributed by atoms with van der Waals surface area (Å²) in [5.41, 5.74) is 0.864. The first kappa shape index (κ1) is 13.9. The van der Waals surface area contributed by atoms with Gasteiger partial charge in [-0.2, -0.15) is 5.10 Å². The highest BCUT2D eigenvalue weighted by atomic mass is 16.3. The quantitative estimate of drug-likeness (QED) is 0.758. The van der Waals surface area contributed by atoms with Crippen LogP contribution < -0.4 is 10.6 Å². The molecule has 0 bridgehead atoms. The Morgan fingerprint density at radius 1 is 1.35 bits per heavy atom. The molecule has 20 heavy (non-hydrogen) atoms. The summed E-state index contributed by atoms with van der Waals surface area (Å²) in [6.07, 6.45) is 4.74. The summed E-state index contributed by atoms with van der Waals surface area (Å²) in [6, 6.07) is 2.29. The van der Waals surface area contributed by atoms with Crippen LogP contribution in [0.1, 0.15) is 36.0 Å². The molecule has 0 aliphatic rings. The molecule has 2 rings (SSSR count). The molecule has 2 amide bonds. The third kappa shape index (κ3) is 3.25. The van der Waals surface area contributed by atoms with E-state index in [1.54, 1.807) is 25.4 Å². The lowest BCUT2D eigenvalue weighted by Gasteiger charge is -2.17. The molecule has 0 saturated carbocycles. The van der Waals surface area contributed by atoms with Crippen LogP contribution in [0.3, 0.4) is 0 Å². The Labute approximate surface area is 115 Å². The molecule has 0 aliphatic carbocycles. The van der Waals surface area contributed by atoms with Crippen molar-refractivity contribution in [1.82, 2.24) is 20.8 Å². The van der Waals surface area contributed by atoms with Crippen LogP contribution in [0.5, 0.6) is 0 Å². The molecule has 2 unspecified atom stereocenters. The van der Waals surface area contributed by atoms with Gasteiger partial charge in [-0.3, -0.25) is 14.7 Å². The van der Waals surface area contributed by atoms with E-state index in [1.165, 1.54) is 12.3 Å². The molecule has 0 aliphatic heterocycles. The number of carbonyl (C=O) groups excluding carboxylic acids is 2. The van der Waals surface area contributed by atoms with Crippen molar-refractivity contribution in [3.05, 3.63) is 42.1 Å². The summed E-state index contributed by atoms with van der Waals surface area (Å²) in [5, 5.41) is 11.9. The molecule has 0 fully saturated rings. The van der Waals surface area contributed by atoms with Crippen LogP contribution >= 0.6 is 0 Å². The van der Waals surface area contributed by atoms with Crippen molar-refractivity contribution >= 4 is 11.8 Å². The summed E-state index contributed by atoms with van der Waals surface area (Å²) >= 11 is 0. The summed E-state index contributed by atoms with van der Waals surface area (Å²) in [5.74, 6) is -0.528. The molecule has 0 saturated heterocycles. The zero-order chi connectivity index (χ0) is 14.5. The molecule has 3 N–H and O–H groups in total. The number of H-pyrrole nitrogens is 1. The predicted octanol–water partition coefficient (Wildman–Crippen LogP) is 0.998. The lowest BCUT2D eigenvalue weighted by molar-refractivity contribution is -0.123. The Hall–Kier alpha value is -2.57. The van der Waals surface area contributed by atoms with Gasteiger partial charge in [0, 0.05) is 11.8 Å². The fourth-order valence-corrected chi connectivity index (χ4v) is 1.66. The van der Waals surface area contributed by atoms with Crippen LogP contribution in [0.4, 0.5) is 0 Å². The molecule has 7 nitrogen and oxygen atoms in total. The normalized spacial score (nSPS) is 13.5. The van der Waals surface area contributed by atoms with Gasteiger partial charge in [-0.05, 0) is 26.0 Å². The second-order valence-electron chi connectivity index (χ2n) is 4.43. The number of amides is 2. The average molecular weight is 276 g/mol. The molecule has 0 aromatic carbocycles. The maximum Gasteiger partial charge on any atom is 0.287 e. The van der Waals surface area contributed by atoms with E-state index in [-0.39, 0.29) is 17.7 Å². The van der Waals surface area contributed by atoms with E-state index in [0.717, 1.165) is 5.56 Å². The molecular formula is C13H16N4O3. The minimum Gasteiger partial charge on any atom is -0.459 e. The van der Waals surface area contributed by atoms with E-state index in [9.17, 15) is 9.59 Å². The number of rotatable bonds is 5. The van der Waals surface area contributed by atoms with Gasteiger partial charge in [0.1, 0.15) is 6.04 Å². The second-order valence-corrected chi connectivity index (χ2v) is 4.43. The zero-order valence-corrected chi connectivity index (χ0v) is 11.2. The third-order valence-electron chi connectivity index (χ3n) is 2.86. The first-order chi connectivity index (χ1) is 9.58. The molecule has 7 heteroatoms. The van der Waals surface area contributed by atoms with E-state index >= 15 is 0 Å². The molecule has 2 heterocycles. The van der Waals surface area contributed by atoms with Gasteiger partial charge >= 0.3 is 0 Å². The van der Waals surface area contributed by atoms with Crippen molar-refractivity contribution in [1.29, 1.82) is 0 Å². The Morgan fingerprint density at radius 2 is 2.15 bits per heavy atom. The Morgan fingerprint density at radius 3 is 2.75 bits per heavy atom. The fraction of sp³-hybridized carbons (Fsp3) is 0.308. The maximum atomic E-state index is 12.0. The number of nitrogens with one attached hydrogen (secondary N) is 3. The average Bonchev–Trinajstić information content (AvgIpc) is 3.11. The minimum atomic E-state index is -0.665. The fourth-order valence-electron chi connectivity index (χ4n) is 1.66. The van der Waals surface area contributed by atoms with Gasteiger partial charge in [-0.15, -0.1) is 0 Å². The summed E-state index contributed by atoms with van der Waals surface area (Å²) in [6.45, 7) is 3.45. The van der Waals surface area contributed by atoms with Crippen molar-refractivity contribution < 1.29 is 14.0 Å². The highest BCUT2D eigenvalue weighted by Crippen LogP contribution is 2.09. The number of hydrogen-bond donors (Lipinski definition) is 3. The monoisotopic (exact) mass is 276 g/mol. The van der Waals surface area contributed by atoms with E-state index in [1.807, 2.05) is 6.92 Å². The first-order valence-electron chi connectivity index (χ1n) is 6.21. The van der Waals surface area contributed by atoms with Gasteiger partial charge in [0.15, 0.2) is 5.76 Å². The standard InChI is InChI=1S/C13H16N4O3/c1-8(10-6-14-15-7-10)16-12(18)9(2)17-13(19)11-4-3-5-20-11/h3-9H,1-2H3,(H,14,15)(H,16,18)(H,17,19). The molecule has 2 aromatic rings. The Kier molecular flexibility index (Phi) is 4.19. The van der Waals surface area contributed by atoms with Crippen molar-refractivity contribution in [2.75, 3.05) is 0 Å². The number of carbonyl (C=O) groups is 2. The lowest BCUT2D eigenvalue weighted by Crippen LogP contribution is -2.45. The summed E-state index contributed by atoms with van der Waals surface area (Å²) < 4.78 is 4.96. The number of aromatic nitrogens is 2. The van der Waals surface area contributed by atoms with Crippen LogP contribution in [0.2, 0.25) is 0 Å². The van der Waals surface area contributed by atoms with Crippen LogP contribution in [-0.2, 0) is 4.79 Å². The van der Waals surface area contributed by atoms with E-state index in [2.05, 4.69) is 20.8 Å². The van der Waals surface area contributed by atoms with Crippen molar-refractivity contribution in [2.24, 2.45) is 0 Å². The molecule has 2 atom stereocenters. The third-order valence-corrected chi connectivity index (χ3v) is 2.86. The first-order valence-corrected chi connectivity index (χ1v) is 6.21. The number of hydrogen-bond acceptors (Lipinski definition) is 4. The van der Waals surface area contributed by atoms with Crippen LogP contribution in [0.15, 0.2) is 35.2 Å². The van der Waals surface area contributed by atoms with Gasteiger partial charge in [0.2, 0.25) is 5.91 Å². The number of nitrogens with zero attached hydrogens (tertiary/aromatic N) is 1. The maximum absolute atomic E-state index is 12.0. The highest BCUT2D eigenvalue weighted by molar-refractivity contribution is 5.95. The smallest absolute Gasteiger partial charge is 0.287 e. The van der Waals surface area contributed by atoms with E-state index in [4.69, 9.17) is 4.42 Å². The second kappa shape index (κ2) is 6.05. The van der Waals surface area contributed by atoms with Gasteiger partial charge in [0.25, 0.3) is 5.91 Å². The molecule has 0 radical (unpaired) electrons. The van der Waals surface area contributed by atoms with Crippen LogP contribution in [-0.4, -0.2) is 28.1 Å². The number of aromatic amines is 1. The SMILES string of the molecule is CC(NC(=O)c1ccco1)C(=O)NC(C)c1cn[nH]c1. The van der Waals surface area contributed by atoms with Crippen molar-refractivity contribution in [2.45, 2.75) is 25.9 Å². The zero-order valence-electron chi connectivity index (χ0n) is 11.2. The van der Waals surface area contributed by atoms with E-state index in [0.29, 0.717) is 0 Å². The molecule has 106 valence electrons. The molecule has 2 aromatic heterocycles. The van der Waals surface area contributed by atoms with Crippen LogP contribution in [0, 0.1) is 0 Å². The van der Waals surface area contributed by atoms with Gasteiger partial charge in [-0.25, -0.2) is 0 Å². The summed E-state index contributed by atoms with van der Waals surface area (Å²) in [4.78, 5) is 23.7. The highest BCUT2D eigenvalue weighted by Gasteiger charge is 2.20. The molecular weight excluding hydrogens is 260 g/mol. The largest absolute Gasteiger partial charge is 0.459 e. The Balaban J connectivity index is 1.87. The summed E-state index contributed by atoms with van der Waals surface area (Å²) in [7, 11) is 0. The van der Waals surface area contributed by atoms with Crippen molar-refractivity contribution in [3.63, 3.8) is 0 Å². The van der Waals surface area contributed by atoms with Crippen molar-refractivity contribution in [3.8, 4) is 0 Å². The lowest BCUT2D eigenvalue weighted by atomic mass is 10.2. The van der Waals surface area contributed by atoms with E-state index < -0.39 is 11.9 Å². The topological polar surface area (TPSA) is 100 Å². The minimum absolute atomic E-state index is 0.174. The van der Waals surface area contributed by atoms with Gasteiger partial charge in [-0.1, -0.05) is 0 Å². The van der Waals surface area contributed by atoms with Crippen LogP contribution in [0.25, 0.3) is 0 Å². The van der Waals surface area contributed by atoms with Gasteiger partial charge in [0.05, 0.1) is 18.5 Å². The number of furan rings is 1.